The smallest absolute Gasteiger partial charge is 0.234 e. The van der Waals surface area contributed by atoms with Crippen LogP contribution in [0.3, 0.4) is 0 Å². The minimum Gasteiger partial charge on any atom is -0.490 e. The molecule has 2 heterocycles. The Morgan fingerprint density at radius 3 is 2.43 bits per heavy atom. The number of benzene rings is 1. The molecule has 0 aliphatic carbocycles. The molecule has 1 aromatic rings. The van der Waals surface area contributed by atoms with E-state index in [4.69, 9.17) is 9.47 Å². The minimum atomic E-state index is -0.0530. The van der Waals surface area contributed by atoms with Crippen LogP contribution in [0.25, 0.3) is 0 Å². The van der Waals surface area contributed by atoms with Crippen molar-refractivity contribution in [2.75, 3.05) is 39.9 Å². The van der Waals surface area contributed by atoms with Gasteiger partial charge < -0.3 is 19.7 Å². The Morgan fingerprint density at radius 2 is 1.79 bits per heavy atom. The van der Waals surface area contributed by atoms with Crippen molar-refractivity contribution in [3.05, 3.63) is 23.8 Å². The van der Waals surface area contributed by atoms with E-state index in [1.807, 2.05) is 18.2 Å². The predicted octanol–water partition coefficient (Wildman–Crippen LogP) is 2.69. The maximum Gasteiger partial charge on any atom is 0.234 e. The van der Waals surface area contributed by atoms with Gasteiger partial charge in [0.05, 0.1) is 25.8 Å². The second-order valence-electron chi connectivity index (χ2n) is 8.64. The molecule has 0 unspecified atom stereocenters. The molecular weight excluding hydrogens is 354 g/mol. The van der Waals surface area contributed by atoms with Crippen LogP contribution in [-0.2, 0) is 4.79 Å². The second-order valence-corrected chi connectivity index (χ2v) is 8.64. The molecule has 0 aromatic heterocycles. The van der Waals surface area contributed by atoms with Crippen LogP contribution in [0.5, 0.6) is 11.5 Å². The average molecular weight is 390 g/mol. The molecule has 6 heteroatoms. The number of ether oxygens (including phenoxy) is 2. The lowest BCUT2D eigenvalue weighted by Crippen LogP contribution is -2.57. The highest BCUT2D eigenvalue weighted by atomic mass is 16.5. The number of nitrogens with zero attached hydrogens (tertiary/aromatic N) is 2. The summed E-state index contributed by atoms with van der Waals surface area (Å²) in [4.78, 5) is 17.5. The largest absolute Gasteiger partial charge is 0.490 e. The summed E-state index contributed by atoms with van der Waals surface area (Å²) in [5.41, 5.74) is 1.06. The molecule has 1 N–H and O–H groups in total. The topological polar surface area (TPSA) is 54.0 Å². The average Bonchev–Trinajstić information content (AvgIpc) is 2.87. The maximum absolute atomic E-state index is 12.9. The fraction of sp³-hybridized carbons (Fsp3) is 0.682. The van der Waals surface area contributed by atoms with E-state index in [1.165, 1.54) is 0 Å². The van der Waals surface area contributed by atoms with Gasteiger partial charge in [0.15, 0.2) is 11.5 Å². The number of carbonyl (C=O) groups is 1. The van der Waals surface area contributed by atoms with Crippen molar-refractivity contribution in [1.29, 1.82) is 0 Å². The van der Waals surface area contributed by atoms with Crippen LogP contribution in [0.4, 0.5) is 0 Å². The molecule has 0 bridgehead atoms. The van der Waals surface area contributed by atoms with E-state index in [0.717, 1.165) is 36.6 Å². The number of hydrogen-bond donors (Lipinski definition) is 1. The molecule has 0 spiro atoms. The number of likely N-dealkylation sites (N-methyl/N-ethyl adjacent to an activating group) is 1. The highest BCUT2D eigenvalue weighted by molar-refractivity contribution is 5.78. The third-order valence-electron chi connectivity index (χ3n) is 5.72. The van der Waals surface area contributed by atoms with Crippen LogP contribution in [0.2, 0.25) is 0 Å². The Labute approximate surface area is 169 Å². The summed E-state index contributed by atoms with van der Waals surface area (Å²) in [6, 6.07) is 6.71. The van der Waals surface area contributed by atoms with E-state index < -0.39 is 0 Å². The minimum absolute atomic E-state index is 0.0530. The van der Waals surface area contributed by atoms with Crippen LogP contribution in [0, 0.1) is 5.92 Å². The maximum atomic E-state index is 12.9. The molecule has 3 atom stereocenters. The Kier molecular flexibility index (Phi) is 6.83. The molecule has 1 fully saturated rings. The number of amides is 1. The summed E-state index contributed by atoms with van der Waals surface area (Å²) in [5.74, 6) is 1.91. The summed E-state index contributed by atoms with van der Waals surface area (Å²) in [6.07, 6.45) is 0.885. The molecule has 0 radical (unpaired) electrons. The van der Waals surface area contributed by atoms with Gasteiger partial charge >= 0.3 is 0 Å². The molecule has 2 aliphatic heterocycles. The van der Waals surface area contributed by atoms with Crippen LogP contribution in [-0.4, -0.2) is 67.7 Å². The van der Waals surface area contributed by atoms with Gasteiger partial charge in [-0.25, -0.2) is 0 Å². The van der Waals surface area contributed by atoms with Crippen LogP contribution >= 0.6 is 0 Å². The Morgan fingerprint density at radius 1 is 1.14 bits per heavy atom. The first kappa shape index (κ1) is 20.9. The van der Waals surface area contributed by atoms with Crippen LogP contribution < -0.4 is 14.8 Å². The first-order valence-electron chi connectivity index (χ1n) is 10.5. The number of rotatable bonds is 5. The molecule has 3 rings (SSSR count). The van der Waals surface area contributed by atoms with E-state index in [-0.39, 0.29) is 17.9 Å². The Bertz CT molecular complexity index is 667. The number of nitrogens with one attached hydrogen (secondary N) is 1. The van der Waals surface area contributed by atoms with Gasteiger partial charge in [0, 0.05) is 31.6 Å². The molecule has 156 valence electrons. The third kappa shape index (κ3) is 4.97. The van der Waals surface area contributed by atoms with Gasteiger partial charge in [-0.05, 0) is 44.5 Å². The van der Waals surface area contributed by atoms with Gasteiger partial charge in [0.1, 0.15) is 0 Å². The number of hydrogen-bond acceptors (Lipinski definition) is 5. The number of fused-ring (bicyclic) bond motifs is 1. The normalized spacial score (nSPS) is 24.6. The molecular formula is C22H35N3O3. The van der Waals surface area contributed by atoms with Gasteiger partial charge in [-0.2, -0.15) is 0 Å². The summed E-state index contributed by atoms with van der Waals surface area (Å²) in [5, 5.41) is 3.26. The van der Waals surface area contributed by atoms with Crippen molar-refractivity contribution in [3.8, 4) is 11.5 Å². The van der Waals surface area contributed by atoms with Gasteiger partial charge in [0.25, 0.3) is 0 Å². The zero-order valence-electron chi connectivity index (χ0n) is 17.9. The second kappa shape index (κ2) is 9.14. The third-order valence-corrected chi connectivity index (χ3v) is 5.72. The van der Waals surface area contributed by atoms with Crippen molar-refractivity contribution >= 4 is 5.91 Å². The molecule has 1 amide bonds. The van der Waals surface area contributed by atoms with Crippen molar-refractivity contribution < 1.29 is 14.3 Å². The molecule has 1 aromatic carbocycles. The highest BCUT2D eigenvalue weighted by Gasteiger charge is 2.30. The zero-order chi connectivity index (χ0) is 20.3. The molecule has 2 aliphatic rings. The van der Waals surface area contributed by atoms with E-state index in [2.05, 4.69) is 49.9 Å². The number of piperazine rings is 1. The van der Waals surface area contributed by atoms with E-state index in [9.17, 15) is 4.79 Å². The fourth-order valence-corrected chi connectivity index (χ4v) is 4.33. The van der Waals surface area contributed by atoms with Crippen molar-refractivity contribution in [1.82, 2.24) is 15.1 Å². The van der Waals surface area contributed by atoms with Gasteiger partial charge in [0.2, 0.25) is 5.91 Å². The summed E-state index contributed by atoms with van der Waals surface area (Å²) >= 11 is 0. The molecule has 28 heavy (non-hydrogen) atoms. The fourth-order valence-electron chi connectivity index (χ4n) is 4.33. The zero-order valence-corrected chi connectivity index (χ0v) is 17.9. The molecule has 6 nitrogen and oxygen atoms in total. The molecule has 1 saturated heterocycles. The van der Waals surface area contributed by atoms with Gasteiger partial charge in [-0.3, -0.25) is 9.69 Å². The molecule has 0 saturated carbocycles. The lowest BCUT2D eigenvalue weighted by molar-refractivity contribution is -0.125. The first-order valence-corrected chi connectivity index (χ1v) is 10.5. The standard InChI is InChI=1S/C22H35N3O3/c1-15(2)22(18-7-8-19-20(11-18)28-10-6-9-27-19)23-21(26)14-25-16(3)12-24(5)13-17(25)4/h7-8,11,15-17,22H,6,9-10,12-14H2,1-5H3,(H,23,26)/t16-,17-,22+/m1/s1. The lowest BCUT2D eigenvalue weighted by Gasteiger charge is -2.43. The van der Waals surface area contributed by atoms with E-state index in [1.54, 1.807) is 0 Å². The highest BCUT2D eigenvalue weighted by Crippen LogP contribution is 2.34. The predicted molar refractivity (Wildman–Crippen MR) is 111 cm³/mol. The van der Waals surface area contributed by atoms with E-state index >= 15 is 0 Å². The van der Waals surface area contributed by atoms with Crippen molar-refractivity contribution in [3.63, 3.8) is 0 Å². The van der Waals surface area contributed by atoms with Crippen molar-refractivity contribution in [2.24, 2.45) is 5.92 Å². The SMILES string of the molecule is CC(C)[C@H](NC(=O)CN1[C@H](C)CN(C)C[C@H]1C)c1ccc2c(c1)OCCCO2. The van der Waals surface area contributed by atoms with Crippen LogP contribution in [0.15, 0.2) is 18.2 Å². The Hall–Kier alpha value is -1.79. The summed E-state index contributed by atoms with van der Waals surface area (Å²) in [6.45, 7) is 12.4. The number of carbonyl (C=O) groups excluding carboxylic acids is 1. The summed E-state index contributed by atoms with van der Waals surface area (Å²) < 4.78 is 11.6. The monoisotopic (exact) mass is 389 g/mol. The van der Waals surface area contributed by atoms with Crippen LogP contribution in [0.1, 0.15) is 45.7 Å². The van der Waals surface area contributed by atoms with Gasteiger partial charge in [-0.1, -0.05) is 19.9 Å². The lowest BCUT2D eigenvalue weighted by atomic mass is 9.95. The summed E-state index contributed by atoms with van der Waals surface area (Å²) in [7, 11) is 2.14. The first-order chi connectivity index (χ1) is 13.3. The van der Waals surface area contributed by atoms with E-state index in [0.29, 0.717) is 31.8 Å². The quantitative estimate of drug-likeness (QED) is 0.839. The Balaban J connectivity index is 1.69. The van der Waals surface area contributed by atoms with Gasteiger partial charge in [-0.15, -0.1) is 0 Å². The van der Waals surface area contributed by atoms with Crippen molar-refractivity contribution in [2.45, 2.75) is 52.2 Å².